The Bertz CT molecular complexity index is 1320. The molecule has 0 amide bonds. The van der Waals surface area contributed by atoms with Crippen LogP contribution in [-0.2, 0) is 28.2 Å². The van der Waals surface area contributed by atoms with Crippen LogP contribution in [0.2, 0.25) is 0 Å². The molecule has 0 spiro atoms. The predicted molar refractivity (Wildman–Crippen MR) is 144 cm³/mol. The van der Waals surface area contributed by atoms with Gasteiger partial charge in [0, 0.05) is 56.7 Å². The highest BCUT2D eigenvalue weighted by atomic mass is 19.4. The lowest BCUT2D eigenvalue weighted by molar-refractivity contribution is -0.376. The van der Waals surface area contributed by atoms with Crippen molar-refractivity contribution in [3.63, 3.8) is 0 Å². The van der Waals surface area contributed by atoms with E-state index in [0.717, 1.165) is 29.8 Å². The van der Waals surface area contributed by atoms with Crippen LogP contribution in [0.1, 0.15) is 23.1 Å². The van der Waals surface area contributed by atoms with Gasteiger partial charge in [-0.25, -0.2) is 0 Å². The molecule has 1 aromatic heterocycles. The molecule has 0 aliphatic carbocycles. The van der Waals surface area contributed by atoms with Gasteiger partial charge in [0.25, 0.3) is 5.60 Å². The van der Waals surface area contributed by atoms with Gasteiger partial charge in [-0.05, 0) is 34.4 Å². The number of alkyl halides is 6. The summed E-state index contributed by atoms with van der Waals surface area (Å²) in [5.41, 5.74) is -3.35. The summed E-state index contributed by atoms with van der Waals surface area (Å²) in [5, 5.41) is 18.6. The van der Waals surface area contributed by atoms with Crippen LogP contribution in [0.5, 0.6) is 0 Å². The molecule has 1 atom stereocenters. The molecule has 1 saturated heterocycles. The summed E-state index contributed by atoms with van der Waals surface area (Å²) in [6.45, 7) is 2.83. The Kier molecular flexibility index (Phi) is 10.1. The second kappa shape index (κ2) is 13.4. The number of pyridine rings is 1. The number of aliphatic hydroxyl groups excluding tert-OH is 1. The van der Waals surface area contributed by atoms with Gasteiger partial charge in [0.05, 0.1) is 13.0 Å². The van der Waals surface area contributed by atoms with E-state index in [1.807, 2.05) is 24.3 Å². The van der Waals surface area contributed by atoms with E-state index < -0.39 is 29.5 Å². The van der Waals surface area contributed by atoms with Gasteiger partial charge in [-0.1, -0.05) is 48.5 Å². The fraction of sp³-hybridized carbons (Fsp3) is 0.400. The summed E-state index contributed by atoms with van der Waals surface area (Å²) in [4.78, 5) is 20.8. The number of aromatic nitrogens is 1. The molecule has 2 aromatic carbocycles. The third-order valence-electron chi connectivity index (χ3n) is 7.40. The maximum absolute atomic E-state index is 13.2. The zero-order chi connectivity index (χ0) is 31.3. The molecule has 0 saturated carbocycles. The lowest BCUT2D eigenvalue weighted by atomic mass is 9.90. The highest BCUT2D eigenvalue weighted by molar-refractivity contribution is 5.70. The Morgan fingerprint density at radius 2 is 1.40 bits per heavy atom. The maximum Gasteiger partial charge on any atom is 0.430 e. The fourth-order valence-electron chi connectivity index (χ4n) is 5.09. The first-order valence-corrected chi connectivity index (χ1v) is 13.5. The van der Waals surface area contributed by atoms with Crippen LogP contribution in [-0.4, -0.2) is 82.2 Å². The first-order valence-electron chi connectivity index (χ1n) is 13.5. The molecule has 2 N–H and O–H groups in total. The van der Waals surface area contributed by atoms with Crippen LogP contribution < -0.4 is 0 Å². The number of benzene rings is 2. The van der Waals surface area contributed by atoms with Crippen molar-refractivity contribution in [3.8, 4) is 11.1 Å². The Balaban J connectivity index is 1.43. The number of esters is 1. The number of nitrogens with zero attached hydrogens (tertiary/aromatic N) is 3. The molecule has 0 bridgehead atoms. The van der Waals surface area contributed by atoms with Crippen LogP contribution in [0.15, 0.2) is 73.1 Å². The molecule has 1 unspecified atom stereocenters. The van der Waals surface area contributed by atoms with Crippen LogP contribution >= 0.6 is 0 Å². The Morgan fingerprint density at radius 3 is 1.95 bits per heavy atom. The number of hydrogen-bond acceptors (Lipinski definition) is 7. The van der Waals surface area contributed by atoms with E-state index in [4.69, 9.17) is 9.84 Å². The highest BCUT2D eigenvalue weighted by Crippen LogP contribution is 2.50. The summed E-state index contributed by atoms with van der Waals surface area (Å²) < 4.78 is 84.2. The summed E-state index contributed by atoms with van der Waals surface area (Å²) in [6.07, 6.45) is -8.33. The highest BCUT2D eigenvalue weighted by Gasteiger charge is 2.71. The Labute approximate surface area is 244 Å². The van der Waals surface area contributed by atoms with Gasteiger partial charge in [-0.3, -0.25) is 19.6 Å². The minimum Gasteiger partial charge on any atom is -0.463 e. The van der Waals surface area contributed by atoms with Crippen molar-refractivity contribution in [3.05, 3.63) is 89.7 Å². The first kappa shape index (κ1) is 32.4. The van der Waals surface area contributed by atoms with Gasteiger partial charge in [0.15, 0.2) is 0 Å². The molecule has 2 heterocycles. The summed E-state index contributed by atoms with van der Waals surface area (Å²) in [7, 11) is 0. The maximum atomic E-state index is 13.2. The van der Waals surface area contributed by atoms with E-state index in [-0.39, 0.29) is 25.7 Å². The van der Waals surface area contributed by atoms with E-state index >= 15 is 0 Å². The molecule has 0 radical (unpaired) electrons. The van der Waals surface area contributed by atoms with Crippen LogP contribution in [0, 0.1) is 0 Å². The minimum atomic E-state index is -5.95. The zero-order valence-corrected chi connectivity index (χ0v) is 23.0. The molecule has 1 aliphatic rings. The van der Waals surface area contributed by atoms with Crippen molar-refractivity contribution >= 4 is 5.97 Å². The second-order valence-corrected chi connectivity index (χ2v) is 10.3. The van der Waals surface area contributed by atoms with Gasteiger partial charge >= 0.3 is 18.3 Å². The third kappa shape index (κ3) is 7.71. The Morgan fingerprint density at radius 1 is 0.837 bits per heavy atom. The SMILES string of the molecule is O=C(CC1CN(Cc2ccc(-c3ccc(C(O)(C(F)(F)F)C(F)(F)F)cc3)cc2)CCN1Cc1ccncc1)OCCO. The average Bonchev–Trinajstić information content (AvgIpc) is 2.97. The van der Waals surface area contributed by atoms with Crippen molar-refractivity contribution in [1.82, 2.24) is 14.8 Å². The van der Waals surface area contributed by atoms with E-state index in [9.17, 15) is 36.2 Å². The molecular formula is C30H31F6N3O4. The molecule has 13 heteroatoms. The van der Waals surface area contributed by atoms with Crippen molar-refractivity contribution in [1.29, 1.82) is 0 Å². The van der Waals surface area contributed by atoms with Crippen LogP contribution in [0.4, 0.5) is 26.3 Å². The number of ether oxygens (including phenoxy) is 1. The molecule has 7 nitrogen and oxygen atoms in total. The smallest absolute Gasteiger partial charge is 0.430 e. The lowest BCUT2D eigenvalue weighted by Gasteiger charge is -2.41. The third-order valence-corrected chi connectivity index (χ3v) is 7.40. The quantitative estimate of drug-likeness (QED) is 0.255. The van der Waals surface area contributed by atoms with Gasteiger partial charge in [0.1, 0.15) is 6.61 Å². The fourth-order valence-corrected chi connectivity index (χ4v) is 5.09. The standard InChI is InChI=1S/C30H31F6N3O4/c31-29(32,33)28(42,30(34,35)36)25-7-5-24(6-8-25)23-3-1-21(2-4-23)18-38-13-14-39(19-22-9-11-37-12-10-22)26(20-38)17-27(41)43-16-15-40/h1-12,26,40,42H,13-20H2. The van der Waals surface area contributed by atoms with Gasteiger partial charge < -0.3 is 14.9 Å². The van der Waals surface area contributed by atoms with E-state index in [1.165, 1.54) is 0 Å². The molecule has 4 rings (SSSR count). The Hall–Kier alpha value is -3.52. The predicted octanol–water partition coefficient (Wildman–Crippen LogP) is 4.67. The minimum absolute atomic E-state index is 0.0692. The summed E-state index contributed by atoms with van der Waals surface area (Å²) in [5.74, 6) is -0.403. The topological polar surface area (TPSA) is 86.1 Å². The number of aliphatic hydroxyl groups is 2. The number of carbonyl (C=O) groups is 1. The zero-order valence-electron chi connectivity index (χ0n) is 23.0. The number of carbonyl (C=O) groups excluding carboxylic acids is 1. The van der Waals surface area contributed by atoms with E-state index in [0.29, 0.717) is 49.4 Å². The normalized spacial score (nSPS) is 17.2. The lowest BCUT2D eigenvalue weighted by Crippen LogP contribution is -2.53. The largest absolute Gasteiger partial charge is 0.463 e. The number of rotatable bonds is 10. The van der Waals surface area contributed by atoms with E-state index in [1.54, 1.807) is 24.5 Å². The molecule has 43 heavy (non-hydrogen) atoms. The molecule has 1 aliphatic heterocycles. The van der Waals surface area contributed by atoms with Gasteiger partial charge in [-0.15, -0.1) is 0 Å². The van der Waals surface area contributed by atoms with Crippen molar-refractivity contribution in [2.24, 2.45) is 0 Å². The molecule has 232 valence electrons. The number of piperazine rings is 1. The first-order chi connectivity index (χ1) is 20.3. The van der Waals surface area contributed by atoms with Gasteiger partial charge in [-0.2, -0.15) is 26.3 Å². The average molecular weight is 612 g/mol. The number of hydrogen-bond donors (Lipinski definition) is 2. The van der Waals surface area contributed by atoms with Crippen molar-refractivity contribution in [2.75, 3.05) is 32.8 Å². The van der Waals surface area contributed by atoms with Gasteiger partial charge in [0.2, 0.25) is 0 Å². The van der Waals surface area contributed by atoms with Crippen LogP contribution in [0.25, 0.3) is 11.1 Å². The van der Waals surface area contributed by atoms with Crippen molar-refractivity contribution < 1.29 is 46.1 Å². The monoisotopic (exact) mass is 611 g/mol. The second-order valence-electron chi connectivity index (χ2n) is 10.3. The van der Waals surface area contributed by atoms with E-state index in [2.05, 4.69) is 14.8 Å². The summed E-state index contributed by atoms with van der Waals surface area (Å²) >= 11 is 0. The molecule has 1 fully saturated rings. The molecular weight excluding hydrogens is 580 g/mol. The number of halogens is 6. The van der Waals surface area contributed by atoms with Crippen molar-refractivity contribution in [2.45, 2.75) is 43.5 Å². The van der Waals surface area contributed by atoms with Crippen LogP contribution in [0.3, 0.4) is 0 Å². The molecule has 3 aromatic rings. The summed E-state index contributed by atoms with van der Waals surface area (Å²) in [6, 6.07) is 14.2.